The molecule has 0 aliphatic heterocycles. The Balaban J connectivity index is 1.74. The molecule has 5 heteroatoms. The minimum Gasteiger partial charge on any atom is -0.368 e. The second kappa shape index (κ2) is 7.90. The Morgan fingerprint density at radius 3 is 2.71 bits per heavy atom. The van der Waals surface area contributed by atoms with E-state index in [1.54, 1.807) is 4.90 Å². The quantitative estimate of drug-likeness (QED) is 0.789. The minimum atomic E-state index is -0.0617. The third-order valence-corrected chi connectivity index (χ3v) is 5.46. The topological polar surface area (TPSA) is 42.4 Å². The van der Waals surface area contributed by atoms with Crippen LogP contribution in [0.2, 0.25) is 0 Å². The number of carbonyl (C=O) groups excluding carboxylic acids is 1. The van der Waals surface area contributed by atoms with Crippen LogP contribution in [0.15, 0.2) is 35.7 Å². The fourth-order valence-electron chi connectivity index (χ4n) is 3.16. The van der Waals surface area contributed by atoms with Gasteiger partial charge in [0.2, 0.25) is 0 Å². The van der Waals surface area contributed by atoms with Crippen molar-refractivity contribution in [3.05, 3.63) is 41.4 Å². The van der Waals surface area contributed by atoms with Crippen LogP contribution in [0.4, 0.5) is 10.8 Å². The Hall–Kier alpha value is -1.72. The summed E-state index contributed by atoms with van der Waals surface area (Å²) in [6.45, 7) is 4.25. The van der Waals surface area contributed by atoms with Crippen LogP contribution in [0, 0.1) is 12.8 Å². The molecule has 1 fully saturated rings. The molecule has 0 spiro atoms. The molecule has 3 rings (SSSR count). The van der Waals surface area contributed by atoms with Gasteiger partial charge in [0.1, 0.15) is 6.61 Å². The maximum absolute atomic E-state index is 12.9. The van der Waals surface area contributed by atoms with Crippen molar-refractivity contribution in [1.29, 1.82) is 0 Å². The molecule has 2 aromatic rings. The summed E-state index contributed by atoms with van der Waals surface area (Å²) >= 11 is 1.48. The number of carbonyl (C=O) groups is 1. The van der Waals surface area contributed by atoms with Crippen molar-refractivity contribution < 1.29 is 9.53 Å². The molecular formula is C19H24N2O2S. The molecule has 1 aliphatic carbocycles. The largest absolute Gasteiger partial charge is 0.368 e. The lowest BCUT2D eigenvalue weighted by atomic mass is 9.88. The number of hydrogen-bond donors (Lipinski definition) is 0. The van der Waals surface area contributed by atoms with Crippen LogP contribution in [0.25, 0.3) is 0 Å². The first kappa shape index (κ1) is 17.1. The number of aryl methyl sites for hydroxylation is 1. The molecule has 0 N–H and O–H groups in total. The zero-order valence-corrected chi connectivity index (χ0v) is 15.1. The van der Waals surface area contributed by atoms with Gasteiger partial charge in [-0.15, -0.1) is 11.3 Å². The Morgan fingerprint density at radius 1 is 1.29 bits per heavy atom. The lowest BCUT2D eigenvalue weighted by Crippen LogP contribution is -2.34. The number of hydrogen-bond acceptors (Lipinski definition) is 4. The number of aromatic nitrogens is 1. The summed E-state index contributed by atoms with van der Waals surface area (Å²) in [5, 5.41) is 2.66. The molecule has 1 aliphatic rings. The Morgan fingerprint density at radius 2 is 2.04 bits per heavy atom. The first-order valence-corrected chi connectivity index (χ1v) is 9.45. The fourth-order valence-corrected chi connectivity index (χ4v) is 3.99. The van der Waals surface area contributed by atoms with Crippen LogP contribution in [0.3, 0.4) is 0 Å². The van der Waals surface area contributed by atoms with E-state index < -0.39 is 0 Å². The van der Waals surface area contributed by atoms with Gasteiger partial charge in [-0.05, 0) is 37.8 Å². The average molecular weight is 344 g/mol. The summed E-state index contributed by atoms with van der Waals surface area (Å²) < 4.78 is 5.97. The summed E-state index contributed by atoms with van der Waals surface area (Å²) in [4.78, 5) is 19.0. The molecule has 1 heterocycles. The van der Waals surface area contributed by atoms with E-state index in [0.29, 0.717) is 11.0 Å². The van der Waals surface area contributed by atoms with Crippen molar-refractivity contribution in [3.63, 3.8) is 0 Å². The third-order valence-electron chi connectivity index (χ3n) is 4.52. The van der Waals surface area contributed by atoms with Crippen LogP contribution in [-0.4, -0.2) is 23.6 Å². The van der Waals surface area contributed by atoms with Gasteiger partial charge in [0.25, 0.3) is 5.91 Å². The zero-order valence-electron chi connectivity index (χ0n) is 14.3. The highest BCUT2D eigenvalue weighted by molar-refractivity contribution is 7.14. The molecule has 1 amide bonds. The maximum atomic E-state index is 12.9. The van der Waals surface area contributed by atoms with Crippen molar-refractivity contribution in [2.24, 2.45) is 5.92 Å². The minimum absolute atomic E-state index is 0.0617. The van der Waals surface area contributed by atoms with E-state index in [9.17, 15) is 4.79 Å². The van der Waals surface area contributed by atoms with Gasteiger partial charge in [0, 0.05) is 5.38 Å². The van der Waals surface area contributed by atoms with Gasteiger partial charge in [-0.25, -0.2) is 4.98 Å². The van der Waals surface area contributed by atoms with E-state index in [4.69, 9.17) is 4.74 Å². The smallest absolute Gasteiger partial charge is 0.259 e. The number of benzene rings is 1. The van der Waals surface area contributed by atoms with Crippen LogP contribution in [0.1, 0.15) is 38.3 Å². The second-order valence-corrected chi connectivity index (χ2v) is 7.28. The molecular weight excluding hydrogens is 320 g/mol. The van der Waals surface area contributed by atoms with E-state index in [2.05, 4.69) is 11.9 Å². The van der Waals surface area contributed by atoms with Crippen molar-refractivity contribution in [2.75, 3.05) is 11.5 Å². The number of ether oxygens (including phenoxy) is 1. The Bertz CT molecular complexity index is 671. The molecule has 0 bridgehead atoms. The predicted molar refractivity (Wildman–Crippen MR) is 97.8 cm³/mol. The fraction of sp³-hybridized carbons (Fsp3) is 0.474. The van der Waals surface area contributed by atoms with Gasteiger partial charge in [0.05, 0.1) is 17.5 Å². The van der Waals surface area contributed by atoms with Gasteiger partial charge in [-0.2, -0.15) is 0 Å². The monoisotopic (exact) mass is 344 g/mol. The van der Waals surface area contributed by atoms with Crippen LogP contribution < -0.4 is 4.90 Å². The zero-order chi connectivity index (χ0) is 16.9. The first-order valence-electron chi connectivity index (χ1n) is 8.57. The lowest BCUT2D eigenvalue weighted by Gasteiger charge is -2.29. The molecule has 2 atom stereocenters. The average Bonchev–Trinajstić information content (AvgIpc) is 3.01. The first-order chi connectivity index (χ1) is 11.6. The molecule has 1 aromatic heterocycles. The Kier molecular flexibility index (Phi) is 5.63. The molecule has 24 heavy (non-hydrogen) atoms. The summed E-state index contributed by atoms with van der Waals surface area (Å²) in [5.41, 5.74) is 1.75. The van der Waals surface area contributed by atoms with Crippen molar-refractivity contribution in [1.82, 2.24) is 4.98 Å². The van der Waals surface area contributed by atoms with Gasteiger partial charge < -0.3 is 4.74 Å². The summed E-state index contributed by atoms with van der Waals surface area (Å²) in [7, 11) is 0. The van der Waals surface area contributed by atoms with Crippen LogP contribution in [-0.2, 0) is 9.53 Å². The van der Waals surface area contributed by atoms with Crippen molar-refractivity contribution in [3.8, 4) is 0 Å². The number of thiazole rings is 1. The molecule has 4 nitrogen and oxygen atoms in total. The van der Waals surface area contributed by atoms with Gasteiger partial charge in [-0.3, -0.25) is 9.69 Å². The number of para-hydroxylation sites is 1. The summed E-state index contributed by atoms with van der Waals surface area (Å²) in [5.74, 6) is 0.465. The van der Waals surface area contributed by atoms with E-state index in [0.717, 1.165) is 17.8 Å². The molecule has 1 aromatic carbocycles. The van der Waals surface area contributed by atoms with Crippen molar-refractivity contribution >= 4 is 28.1 Å². The van der Waals surface area contributed by atoms with Crippen LogP contribution >= 0.6 is 11.3 Å². The SMILES string of the molecule is Cc1csc(N(C(=O)COC2CCCCC2C)c2ccccc2)n1. The highest BCUT2D eigenvalue weighted by atomic mass is 32.1. The normalized spacial score (nSPS) is 20.8. The highest BCUT2D eigenvalue weighted by Crippen LogP contribution is 2.30. The van der Waals surface area contributed by atoms with Gasteiger partial charge >= 0.3 is 0 Å². The van der Waals surface area contributed by atoms with E-state index >= 15 is 0 Å². The number of amides is 1. The molecule has 2 unspecified atom stereocenters. The van der Waals surface area contributed by atoms with Crippen molar-refractivity contribution in [2.45, 2.75) is 45.6 Å². The maximum Gasteiger partial charge on any atom is 0.259 e. The standard InChI is InChI=1S/C19H24N2O2S/c1-14-8-6-7-11-17(14)23-12-18(22)21(16-9-4-3-5-10-16)19-20-15(2)13-24-19/h3-5,9-10,13-14,17H,6-8,11-12H2,1-2H3. The summed E-state index contributed by atoms with van der Waals surface area (Å²) in [6.07, 6.45) is 4.89. The number of nitrogens with zero attached hydrogens (tertiary/aromatic N) is 2. The molecule has 0 radical (unpaired) electrons. The third kappa shape index (κ3) is 4.02. The highest BCUT2D eigenvalue weighted by Gasteiger charge is 2.26. The lowest BCUT2D eigenvalue weighted by molar-refractivity contribution is -0.126. The summed E-state index contributed by atoms with van der Waals surface area (Å²) in [6, 6.07) is 9.66. The van der Waals surface area contributed by atoms with Crippen LogP contribution in [0.5, 0.6) is 0 Å². The van der Waals surface area contributed by atoms with E-state index in [1.165, 1.54) is 30.6 Å². The number of rotatable bonds is 5. The Labute approximate surface area is 147 Å². The van der Waals surface area contributed by atoms with Gasteiger partial charge in [-0.1, -0.05) is 38.0 Å². The molecule has 1 saturated carbocycles. The van der Waals surface area contributed by atoms with E-state index in [-0.39, 0.29) is 18.6 Å². The predicted octanol–water partition coefficient (Wildman–Crippen LogP) is 4.71. The van der Waals surface area contributed by atoms with E-state index in [1.807, 2.05) is 42.6 Å². The molecule has 128 valence electrons. The molecule has 0 saturated heterocycles. The second-order valence-electron chi connectivity index (χ2n) is 6.45. The van der Waals surface area contributed by atoms with Gasteiger partial charge in [0.15, 0.2) is 5.13 Å². The number of anilines is 2.